The van der Waals surface area contributed by atoms with Gasteiger partial charge in [0.25, 0.3) is 0 Å². The molecule has 0 aliphatic carbocycles. The van der Waals surface area contributed by atoms with Crippen LogP contribution in [-0.2, 0) is 19.1 Å². The molecule has 0 saturated carbocycles. The molecule has 0 N–H and O–H groups in total. The Balaban J connectivity index is 0. The van der Waals surface area contributed by atoms with Gasteiger partial charge in [-0.3, -0.25) is 4.79 Å². The summed E-state index contributed by atoms with van der Waals surface area (Å²) in [5, 5.41) is 10.4. The molecule has 0 fully saturated rings. The summed E-state index contributed by atoms with van der Waals surface area (Å²) in [5.41, 5.74) is 0.272. The molecule has 0 bridgehead atoms. The van der Waals surface area contributed by atoms with Crippen LogP contribution < -0.4 is 34.7 Å². The van der Waals surface area contributed by atoms with E-state index in [0.29, 0.717) is 0 Å². The SMILES string of the molecule is C=C([O-])CC(=O)OCCOC(=O)C(=C)C.[Na+]. The van der Waals surface area contributed by atoms with E-state index in [9.17, 15) is 14.7 Å². The van der Waals surface area contributed by atoms with Gasteiger partial charge < -0.3 is 14.6 Å². The maximum atomic E-state index is 10.8. The van der Waals surface area contributed by atoms with E-state index in [4.69, 9.17) is 0 Å². The predicted octanol–water partition coefficient (Wildman–Crippen LogP) is -3.08. The predicted molar refractivity (Wildman–Crippen MR) is 50.5 cm³/mol. The summed E-state index contributed by atoms with van der Waals surface area (Å²) in [7, 11) is 0. The van der Waals surface area contributed by atoms with Crippen LogP contribution in [0.1, 0.15) is 13.3 Å². The van der Waals surface area contributed by atoms with Crippen molar-refractivity contribution >= 4 is 11.9 Å². The van der Waals surface area contributed by atoms with E-state index >= 15 is 0 Å². The molecule has 6 heteroatoms. The van der Waals surface area contributed by atoms with E-state index in [0.717, 1.165) is 0 Å². The molecule has 5 nitrogen and oxygen atoms in total. The topological polar surface area (TPSA) is 75.7 Å². The summed E-state index contributed by atoms with van der Waals surface area (Å²) >= 11 is 0. The Labute approximate surface area is 116 Å². The largest absolute Gasteiger partial charge is 1.00 e. The average molecular weight is 236 g/mol. The quantitative estimate of drug-likeness (QED) is 0.161. The smallest absolute Gasteiger partial charge is 0.875 e. The minimum Gasteiger partial charge on any atom is -0.875 e. The van der Waals surface area contributed by atoms with Crippen molar-refractivity contribution in [2.24, 2.45) is 0 Å². The van der Waals surface area contributed by atoms with Gasteiger partial charge in [-0.2, -0.15) is 0 Å². The van der Waals surface area contributed by atoms with Gasteiger partial charge in [0.15, 0.2) is 0 Å². The number of hydrogen-bond acceptors (Lipinski definition) is 5. The van der Waals surface area contributed by atoms with Crippen molar-refractivity contribution in [1.82, 2.24) is 0 Å². The second kappa shape index (κ2) is 9.45. The van der Waals surface area contributed by atoms with Gasteiger partial charge in [-0.15, -0.1) is 12.3 Å². The number of rotatable bonds is 6. The van der Waals surface area contributed by atoms with Crippen LogP contribution in [0, 0.1) is 0 Å². The van der Waals surface area contributed by atoms with E-state index < -0.39 is 17.7 Å². The molecular weight excluding hydrogens is 223 g/mol. The zero-order valence-corrected chi connectivity index (χ0v) is 11.6. The molecule has 0 aliphatic rings. The number of esters is 2. The minimum atomic E-state index is -0.679. The van der Waals surface area contributed by atoms with Crippen molar-refractivity contribution in [3.63, 3.8) is 0 Å². The van der Waals surface area contributed by atoms with Gasteiger partial charge >= 0.3 is 41.5 Å². The van der Waals surface area contributed by atoms with Crippen molar-refractivity contribution in [3.05, 3.63) is 24.5 Å². The van der Waals surface area contributed by atoms with Gasteiger partial charge in [0.2, 0.25) is 0 Å². The third-order valence-corrected chi connectivity index (χ3v) is 1.27. The van der Waals surface area contributed by atoms with E-state index in [1.165, 1.54) is 6.92 Å². The molecule has 0 saturated heterocycles. The van der Waals surface area contributed by atoms with Gasteiger partial charge in [-0.1, -0.05) is 6.58 Å². The van der Waals surface area contributed by atoms with Gasteiger partial charge in [-0.25, -0.2) is 4.79 Å². The van der Waals surface area contributed by atoms with Gasteiger partial charge in [0.1, 0.15) is 13.2 Å². The van der Waals surface area contributed by atoms with E-state index in [1.54, 1.807) is 0 Å². The fourth-order valence-electron chi connectivity index (χ4n) is 0.625. The first-order chi connectivity index (χ1) is 6.93. The third kappa shape index (κ3) is 9.76. The Bertz CT molecular complexity index is 285. The molecule has 0 aromatic heterocycles. The number of carbonyl (C=O) groups is 2. The Morgan fingerprint density at radius 3 is 2.12 bits per heavy atom. The fraction of sp³-hybridized carbons (Fsp3) is 0.400. The van der Waals surface area contributed by atoms with Crippen LogP contribution >= 0.6 is 0 Å². The van der Waals surface area contributed by atoms with Gasteiger partial charge in [0, 0.05) is 5.57 Å². The molecule has 0 aromatic rings. The van der Waals surface area contributed by atoms with Crippen LogP contribution in [0.2, 0.25) is 0 Å². The van der Waals surface area contributed by atoms with Crippen molar-refractivity contribution in [2.45, 2.75) is 13.3 Å². The minimum absolute atomic E-state index is 0. The Kier molecular flexibility index (Phi) is 10.4. The average Bonchev–Trinajstić information content (AvgIpc) is 2.10. The van der Waals surface area contributed by atoms with Gasteiger partial charge in [0.05, 0.1) is 6.42 Å². The number of ether oxygens (including phenoxy) is 2. The van der Waals surface area contributed by atoms with Gasteiger partial charge in [-0.05, 0) is 6.92 Å². The van der Waals surface area contributed by atoms with Crippen LogP contribution in [-0.4, -0.2) is 25.2 Å². The standard InChI is InChI=1S/C10H14O5.Na/c1-7(2)10(13)15-5-4-14-9(12)6-8(3)11;/h11H,1,3-6H2,2H3;/q;+1/p-1. The van der Waals surface area contributed by atoms with Crippen LogP contribution in [0.25, 0.3) is 0 Å². The fourth-order valence-corrected chi connectivity index (χ4v) is 0.625. The second-order valence-electron chi connectivity index (χ2n) is 2.85. The number of carbonyl (C=O) groups excluding carboxylic acids is 2. The molecule has 0 spiro atoms. The van der Waals surface area contributed by atoms with Crippen molar-refractivity contribution in [2.75, 3.05) is 13.2 Å². The van der Waals surface area contributed by atoms with Crippen LogP contribution in [0.3, 0.4) is 0 Å². The first kappa shape index (κ1) is 17.6. The molecule has 0 radical (unpaired) electrons. The zero-order valence-electron chi connectivity index (χ0n) is 9.58. The maximum absolute atomic E-state index is 10.8. The first-order valence-corrected chi connectivity index (χ1v) is 4.26. The summed E-state index contributed by atoms with van der Waals surface area (Å²) in [6, 6.07) is 0. The maximum Gasteiger partial charge on any atom is 1.00 e. The summed E-state index contributed by atoms with van der Waals surface area (Å²) < 4.78 is 9.22. The molecule has 0 amide bonds. The second-order valence-corrected chi connectivity index (χ2v) is 2.85. The molecule has 84 valence electrons. The molecule has 0 atom stereocenters. The van der Waals surface area contributed by atoms with Crippen LogP contribution in [0.5, 0.6) is 0 Å². The van der Waals surface area contributed by atoms with Crippen molar-refractivity contribution in [1.29, 1.82) is 0 Å². The molecule has 0 unspecified atom stereocenters. The summed E-state index contributed by atoms with van der Waals surface area (Å²) in [4.78, 5) is 21.6. The number of hydrogen-bond donors (Lipinski definition) is 0. The normalized spacial score (nSPS) is 8.56. The van der Waals surface area contributed by atoms with Crippen molar-refractivity contribution in [3.8, 4) is 0 Å². The van der Waals surface area contributed by atoms with Crippen molar-refractivity contribution < 1.29 is 53.7 Å². The molecule has 0 heterocycles. The van der Waals surface area contributed by atoms with Crippen LogP contribution in [0.4, 0.5) is 0 Å². The zero-order chi connectivity index (χ0) is 11.8. The Morgan fingerprint density at radius 2 is 1.69 bits per heavy atom. The molecule has 0 aromatic carbocycles. The van der Waals surface area contributed by atoms with Crippen LogP contribution in [0.15, 0.2) is 24.5 Å². The molecule has 0 rings (SSSR count). The third-order valence-electron chi connectivity index (χ3n) is 1.27. The van der Waals surface area contributed by atoms with E-state index in [-0.39, 0.29) is 54.8 Å². The Morgan fingerprint density at radius 1 is 1.19 bits per heavy atom. The molecule has 0 aliphatic heterocycles. The van der Waals surface area contributed by atoms with E-state index in [1.807, 2.05) is 0 Å². The Hall–Kier alpha value is -0.780. The monoisotopic (exact) mass is 236 g/mol. The summed E-state index contributed by atoms with van der Waals surface area (Å²) in [6.45, 7) is 7.77. The summed E-state index contributed by atoms with van der Waals surface area (Å²) in [5.74, 6) is -1.74. The first-order valence-electron chi connectivity index (χ1n) is 4.26. The molecule has 16 heavy (non-hydrogen) atoms. The summed E-state index contributed by atoms with van der Waals surface area (Å²) in [6.07, 6.45) is -0.367. The molecular formula is C10H13NaO5. The van der Waals surface area contributed by atoms with E-state index in [2.05, 4.69) is 22.6 Å².